The van der Waals surface area contributed by atoms with Crippen LogP contribution in [0.3, 0.4) is 0 Å². The molecule has 15 heavy (non-hydrogen) atoms. The minimum absolute atomic E-state index is 0.125. The topological polar surface area (TPSA) is 44.0 Å². The lowest BCUT2D eigenvalue weighted by Gasteiger charge is -2.18. The lowest BCUT2D eigenvalue weighted by molar-refractivity contribution is 0.342. The zero-order valence-electron chi connectivity index (χ0n) is 9.78. The Morgan fingerprint density at radius 3 is 2.40 bits per heavy atom. The molecule has 4 heteroatoms. The molecular weight excluding hydrogens is 192 g/mol. The zero-order chi connectivity index (χ0) is 11.6. The first kappa shape index (κ1) is 11.8. The maximum atomic E-state index is 11.6. The van der Waals surface area contributed by atoms with E-state index in [2.05, 4.69) is 20.8 Å². The first-order valence-electron chi connectivity index (χ1n) is 5.08. The second kappa shape index (κ2) is 4.04. The van der Waals surface area contributed by atoms with Crippen molar-refractivity contribution in [3.8, 4) is 0 Å². The second-order valence-corrected chi connectivity index (χ2v) is 5.01. The van der Waals surface area contributed by atoms with Crippen LogP contribution < -0.4 is 11.2 Å². The van der Waals surface area contributed by atoms with Crippen LogP contribution in [0.15, 0.2) is 21.9 Å². The molecule has 0 N–H and O–H groups in total. The van der Waals surface area contributed by atoms with Gasteiger partial charge in [0.1, 0.15) is 0 Å². The molecule has 0 aromatic carbocycles. The van der Waals surface area contributed by atoms with E-state index in [1.165, 1.54) is 21.4 Å². The molecule has 0 fully saturated rings. The summed E-state index contributed by atoms with van der Waals surface area (Å²) in [6.45, 7) is 6.75. The fourth-order valence-electron chi connectivity index (χ4n) is 1.27. The molecule has 1 aromatic heterocycles. The molecule has 1 aromatic rings. The van der Waals surface area contributed by atoms with Crippen LogP contribution in [0.4, 0.5) is 0 Å². The van der Waals surface area contributed by atoms with Gasteiger partial charge < -0.3 is 4.57 Å². The lowest BCUT2D eigenvalue weighted by Crippen LogP contribution is -2.38. The third-order valence-electron chi connectivity index (χ3n) is 2.32. The van der Waals surface area contributed by atoms with E-state index in [9.17, 15) is 9.59 Å². The summed E-state index contributed by atoms with van der Waals surface area (Å²) in [5, 5.41) is 0. The van der Waals surface area contributed by atoms with Gasteiger partial charge in [-0.25, -0.2) is 4.79 Å². The molecule has 0 bridgehead atoms. The molecule has 1 rings (SSSR count). The Balaban J connectivity index is 3.01. The van der Waals surface area contributed by atoms with Crippen molar-refractivity contribution in [2.75, 3.05) is 0 Å². The maximum Gasteiger partial charge on any atom is 0.330 e. The molecular formula is C11H18N2O2. The number of aryl methyl sites for hydroxylation is 1. The summed E-state index contributed by atoms with van der Waals surface area (Å²) >= 11 is 0. The molecule has 0 saturated heterocycles. The molecule has 0 radical (unpaired) electrons. The summed E-state index contributed by atoms with van der Waals surface area (Å²) in [6.07, 6.45) is 2.31. The van der Waals surface area contributed by atoms with Crippen LogP contribution in [-0.2, 0) is 13.6 Å². The summed E-state index contributed by atoms with van der Waals surface area (Å²) in [5.74, 6) is 0. The highest BCUT2D eigenvalue weighted by molar-refractivity contribution is 4.85. The van der Waals surface area contributed by atoms with E-state index in [0.29, 0.717) is 6.54 Å². The fourth-order valence-corrected chi connectivity index (χ4v) is 1.27. The van der Waals surface area contributed by atoms with Gasteiger partial charge in [-0.15, -0.1) is 0 Å². The number of aromatic nitrogens is 2. The zero-order valence-corrected chi connectivity index (χ0v) is 9.78. The van der Waals surface area contributed by atoms with Crippen LogP contribution in [-0.4, -0.2) is 9.13 Å². The van der Waals surface area contributed by atoms with Crippen LogP contribution in [0.1, 0.15) is 27.2 Å². The Morgan fingerprint density at radius 2 is 1.87 bits per heavy atom. The monoisotopic (exact) mass is 210 g/mol. The van der Waals surface area contributed by atoms with E-state index in [0.717, 1.165) is 6.42 Å². The van der Waals surface area contributed by atoms with E-state index in [1.807, 2.05) is 0 Å². The van der Waals surface area contributed by atoms with Crippen molar-refractivity contribution in [1.29, 1.82) is 0 Å². The summed E-state index contributed by atoms with van der Waals surface area (Å²) < 4.78 is 2.70. The number of nitrogens with zero attached hydrogens (tertiary/aromatic N) is 2. The number of hydrogen-bond acceptors (Lipinski definition) is 2. The number of hydrogen-bond donors (Lipinski definition) is 0. The Morgan fingerprint density at radius 1 is 1.27 bits per heavy atom. The molecule has 4 nitrogen and oxygen atoms in total. The number of rotatable bonds is 2. The average molecular weight is 210 g/mol. The van der Waals surface area contributed by atoms with Gasteiger partial charge in [0.2, 0.25) is 0 Å². The summed E-state index contributed by atoms with van der Waals surface area (Å²) in [6, 6.07) is 1.42. The van der Waals surface area contributed by atoms with Crippen LogP contribution in [0, 0.1) is 5.41 Å². The molecule has 0 saturated carbocycles. The van der Waals surface area contributed by atoms with Crippen LogP contribution >= 0.6 is 0 Å². The summed E-state index contributed by atoms with van der Waals surface area (Å²) in [4.78, 5) is 23.1. The Bertz CT molecular complexity index is 449. The van der Waals surface area contributed by atoms with Crippen LogP contribution in [0.2, 0.25) is 0 Å². The summed E-state index contributed by atoms with van der Waals surface area (Å²) in [7, 11) is 1.65. The van der Waals surface area contributed by atoms with E-state index in [-0.39, 0.29) is 16.7 Å². The maximum absolute atomic E-state index is 11.6. The van der Waals surface area contributed by atoms with E-state index in [4.69, 9.17) is 0 Å². The highest BCUT2D eigenvalue weighted by Crippen LogP contribution is 2.18. The standard InChI is InChI=1S/C11H18N2O2/c1-11(2,3)6-8-13-9(14)5-7-12(4)10(13)15/h5,7H,6,8H2,1-4H3. The smallest absolute Gasteiger partial charge is 0.303 e. The van der Waals surface area contributed by atoms with Gasteiger partial charge in [0.15, 0.2) is 0 Å². The Kier molecular flexibility index (Phi) is 3.17. The predicted octanol–water partition coefficient (Wildman–Crippen LogP) is 0.983. The molecule has 0 aliphatic heterocycles. The molecule has 0 aliphatic carbocycles. The quantitative estimate of drug-likeness (QED) is 0.730. The van der Waals surface area contributed by atoms with E-state index < -0.39 is 0 Å². The van der Waals surface area contributed by atoms with E-state index in [1.54, 1.807) is 7.05 Å². The van der Waals surface area contributed by atoms with Gasteiger partial charge in [-0.05, 0) is 11.8 Å². The van der Waals surface area contributed by atoms with Crippen molar-refractivity contribution in [3.63, 3.8) is 0 Å². The second-order valence-electron chi connectivity index (χ2n) is 5.01. The largest absolute Gasteiger partial charge is 0.330 e. The van der Waals surface area contributed by atoms with Crippen LogP contribution in [0.25, 0.3) is 0 Å². The highest BCUT2D eigenvalue weighted by Gasteiger charge is 2.11. The molecule has 0 amide bonds. The fraction of sp³-hybridized carbons (Fsp3) is 0.636. The average Bonchev–Trinajstić information content (AvgIpc) is 2.10. The Hall–Kier alpha value is -1.32. The van der Waals surface area contributed by atoms with Crippen molar-refractivity contribution in [3.05, 3.63) is 33.1 Å². The molecule has 84 valence electrons. The van der Waals surface area contributed by atoms with Gasteiger partial charge in [-0.1, -0.05) is 20.8 Å². The molecule has 0 spiro atoms. The highest BCUT2D eigenvalue weighted by atomic mass is 16.2. The van der Waals surface area contributed by atoms with Crippen molar-refractivity contribution < 1.29 is 0 Å². The van der Waals surface area contributed by atoms with Gasteiger partial charge in [-0.3, -0.25) is 9.36 Å². The SMILES string of the molecule is Cn1ccc(=O)n(CCC(C)(C)C)c1=O. The van der Waals surface area contributed by atoms with Gasteiger partial charge >= 0.3 is 5.69 Å². The first-order chi connectivity index (χ1) is 6.81. The third kappa shape index (κ3) is 3.08. The normalized spacial score (nSPS) is 11.7. The van der Waals surface area contributed by atoms with Crippen molar-refractivity contribution in [2.24, 2.45) is 12.5 Å². The van der Waals surface area contributed by atoms with Crippen LogP contribution in [0.5, 0.6) is 0 Å². The molecule has 0 unspecified atom stereocenters. The molecule has 0 aliphatic rings. The molecule has 0 atom stereocenters. The van der Waals surface area contributed by atoms with Gasteiger partial charge in [0.25, 0.3) is 5.56 Å². The van der Waals surface area contributed by atoms with Crippen molar-refractivity contribution in [1.82, 2.24) is 9.13 Å². The van der Waals surface area contributed by atoms with E-state index >= 15 is 0 Å². The minimum atomic E-state index is -0.244. The lowest BCUT2D eigenvalue weighted by atomic mass is 9.92. The Labute approximate surface area is 89.2 Å². The summed E-state index contributed by atoms with van der Waals surface area (Å²) in [5.41, 5.74) is -0.339. The predicted molar refractivity (Wildman–Crippen MR) is 60.0 cm³/mol. The van der Waals surface area contributed by atoms with Crippen molar-refractivity contribution in [2.45, 2.75) is 33.7 Å². The first-order valence-corrected chi connectivity index (χ1v) is 5.08. The van der Waals surface area contributed by atoms with Gasteiger partial charge in [-0.2, -0.15) is 0 Å². The van der Waals surface area contributed by atoms with Gasteiger partial charge in [0.05, 0.1) is 0 Å². The molecule has 1 heterocycles. The van der Waals surface area contributed by atoms with Gasteiger partial charge in [0, 0.05) is 25.9 Å². The minimum Gasteiger partial charge on any atom is -0.303 e. The van der Waals surface area contributed by atoms with Crippen molar-refractivity contribution >= 4 is 0 Å². The third-order valence-corrected chi connectivity index (χ3v) is 2.32.